The summed E-state index contributed by atoms with van der Waals surface area (Å²) in [4.78, 5) is 29.4. The fourth-order valence-corrected chi connectivity index (χ4v) is 2.17. The summed E-state index contributed by atoms with van der Waals surface area (Å²) >= 11 is 0. The predicted molar refractivity (Wildman–Crippen MR) is 81.3 cm³/mol. The molecule has 1 aromatic heterocycles. The zero-order chi connectivity index (χ0) is 16.7. The molecule has 1 unspecified atom stereocenters. The number of methoxy groups -OCH3 is 2. The molecule has 0 bridgehead atoms. The van der Waals surface area contributed by atoms with Crippen molar-refractivity contribution >= 4 is 11.8 Å². The number of morpholine rings is 1. The Balaban J connectivity index is 1.82. The molecule has 23 heavy (non-hydrogen) atoms. The molecule has 0 aromatic carbocycles. The summed E-state index contributed by atoms with van der Waals surface area (Å²) in [5.74, 6) is 0.137. The second-order valence-electron chi connectivity index (χ2n) is 5.06. The lowest BCUT2D eigenvalue weighted by Crippen LogP contribution is -2.51. The van der Waals surface area contributed by atoms with Crippen LogP contribution in [0, 0.1) is 0 Å². The summed E-state index contributed by atoms with van der Waals surface area (Å²) in [7, 11) is 3.10. The largest absolute Gasteiger partial charge is 0.481 e. The zero-order valence-corrected chi connectivity index (χ0v) is 13.3. The number of carbonyl (C=O) groups excluding carboxylic acids is 2. The number of amides is 2. The molecule has 8 nitrogen and oxygen atoms in total. The molecule has 0 aliphatic carbocycles. The van der Waals surface area contributed by atoms with Crippen LogP contribution in [0.15, 0.2) is 18.3 Å². The number of hydrogen-bond acceptors (Lipinski definition) is 6. The van der Waals surface area contributed by atoms with Gasteiger partial charge < -0.3 is 24.4 Å². The monoisotopic (exact) mass is 323 g/mol. The average Bonchev–Trinajstić information content (AvgIpc) is 2.59. The maximum absolute atomic E-state index is 12.1. The Labute approximate surface area is 134 Å². The third-order valence-electron chi connectivity index (χ3n) is 3.48. The number of rotatable bonds is 7. The van der Waals surface area contributed by atoms with Gasteiger partial charge in [0, 0.05) is 39.0 Å². The minimum atomic E-state index is -0.246. The Kier molecular flexibility index (Phi) is 6.30. The van der Waals surface area contributed by atoms with E-state index in [-0.39, 0.29) is 24.5 Å². The first kappa shape index (κ1) is 17.2. The molecule has 0 saturated carbocycles. The number of hydrogen-bond donors (Lipinski definition) is 1. The van der Waals surface area contributed by atoms with Gasteiger partial charge in [0.15, 0.2) is 0 Å². The van der Waals surface area contributed by atoms with Crippen molar-refractivity contribution in [3.8, 4) is 5.88 Å². The van der Waals surface area contributed by atoms with Crippen LogP contribution in [0.5, 0.6) is 5.88 Å². The Morgan fingerprint density at radius 1 is 1.48 bits per heavy atom. The van der Waals surface area contributed by atoms with Crippen LogP contribution >= 0.6 is 0 Å². The van der Waals surface area contributed by atoms with E-state index >= 15 is 0 Å². The number of pyridine rings is 1. The van der Waals surface area contributed by atoms with Crippen LogP contribution in [0.2, 0.25) is 0 Å². The third-order valence-corrected chi connectivity index (χ3v) is 3.48. The summed E-state index contributed by atoms with van der Waals surface area (Å²) in [5, 5.41) is 2.78. The Morgan fingerprint density at radius 3 is 2.96 bits per heavy atom. The van der Waals surface area contributed by atoms with Crippen molar-refractivity contribution in [3.63, 3.8) is 0 Å². The maximum Gasteiger partial charge on any atom is 0.252 e. The van der Waals surface area contributed by atoms with Crippen molar-refractivity contribution in [1.29, 1.82) is 0 Å². The summed E-state index contributed by atoms with van der Waals surface area (Å²) in [6.45, 7) is 1.77. The summed E-state index contributed by atoms with van der Waals surface area (Å²) in [5.41, 5.74) is 0.439. The van der Waals surface area contributed by atoms with Crippen LogP contribution in [-0.4, -0.2) is 74.9 Å². The molecule has 0 spiro atoms. The summed E-state index contributed by atoms with van der Waals surface area (Å²) < 4.78 is 15.4. The normalized spacial score (nSPS) is 17.9. The maximum atomic E-state index is 12.1. The van der Waals surface area contributed by atoms with Gasteiger partial charge in [-0.3, -0.25) is 9.59 Å². The van der Waals surface area contributed by atoms with Crippen molar-refractivity contribution in [2.45, 2.75) is 6.10 Å². The highest BCUT2D eigenvalue weighted by Gasteiger charge is 2.26. The Bertz CT molecular complexity index is 534. The van der Waals surface area contributed by atoms with Crippen LogP contribution < -0.4 is 10.1 Å². The van der Waals surface area contributed by atoms with Gasteiger partial charge in [-0.15, -0.1) is 0 Å². The smallest absolute Gasteiger partial charge is 0.252 e. The SMILES string of the molecule is COCCN1CC(CNC(=O)c2ccc(OC)nc2)OCC1=O. The van der Waals surface area contributed by atoms with E-state index in [0.717, 1.165) is 0 Å². The molecule has 2 rings (SSSR count). The first-order chi connectivity index (χ1) is 11.1. The molecule has 1 aliphatic rings. The van der Waals surface area contributed by atoms with E-state index in [2.05, 4.69) is 10.3 Å². The zero-order valence-electron chi connectivity index (χ0n) is 13.3. The van der Waals surface area contributed by atoms with Crippen LogP contribution in [0.4, 0.5) is 0 Å². The van der Waals surface area contributed by atoms with Gasteiger partial charge in [0.1, 0.15) is 6.61 Å². The van der Waals surface area contributed by atoms with Gasteiger partial charge in [0.05, 0.1) is 25.4 Å². The van der Waals surface area contributed by atoms with E-state index < -0.39 is 0 Å². The number of nitrogens with one attached hydrogen (secondary N) is 1. The van der Waals surface area contributed by atoms with Crippen molar-refractivity contribution < 1.29 is 23.8 Å². The lowest BCUT2D eigenvalue weighted by atomic mass is 10.2. The van der Waals surface area contributed by atoms with Gasteiger partial charge in [0.25, 0.3) is 5.91 Å². The third kappa shape index (κ3) is 4.90. The molecular formula is C15H21N3O5. The molecule has 126 valence electrons. The average molecular weight is 323 g/mol. The molecule has 1 aromatic rings. The second kappa shape index (κ2) is 8.44. The standard InChI is InChI=1S/C15H21N3O5/c1-21-6-5-18-9-12(23-10-14(18)19)8-17-15(20)11-3-4-13(22-2)16-7-11/h3-4,7,12H,5-6,8-10H2,1-2H3,(H,17,20). The molecule has 1 saturated heterocycles. The Hall–Kier alpha value is -2.19. The van der Waals surface area contributed by atoms with Gasteiger partial charge in [-0.2, -0.15) is 0 Å². The highest BCUT2D eigenvalue weighted by molar-refractivity contribution is 5.93. The van der Waals surface area contributed by atoms with Crippen LogP contribution in [-0.2, 0) is 14.3 Å². The van der Waals surface area contributed by atoms with Gasteiger partial charge in [-0.25, -0.2) is 4.98 Å². The van der Waals surface area contributed by atoms with Gasteiger partial charge >= 0.3 is 0 Å². The minimum Gasteiger partial charge on any atom is -0.481 e. The fraction of sp³-hybridized carbons (Fsp3) is 0.533. The van der Waals surface area contributed by atoms with E-state index in [0.29, 0.717) is 37.7 Å². The highest BCUT2D eigenvalue weighted by atomic mass is 16.5. The van der Waals surface area contributed by atoms with Crippen LogP contribution in [0.3, 0.4) is 0 Å². The number of ether oxygens (including phenoxy) is 3. The van der Waals surface area contributed by atoms with Gasteiger partial charge in [-0.05, 0) is 6.07 Å². The van der Waals surface area contributed by atoms with E-state index in [1.807, 2.05) is 0 Å². The molecule has 8 heteroatoms. The van der Waals surface area contributed by atoms with E-state index in [9.17, 15) is 9.59 Å². The molecule has 1 aliphatic heterocycles. The van der Waals surface area contributed by atoms with Crippen LogP contribution in [0.1, 0.15) is 10.4 Å². The van der Waals surface area contributed by atoms with Gasteiger partial charge in [0.2, 0.25) is 11.8 Å². The molecule has 1 N–H and O–H groups in total. The predicted octanol–water partition coefficient (Wildman–Crippen LogP) is -0.306. The molecule has 0 radical (unpaired) electrons. The lowest BCUT2D eigenvalue weighted by Gasteiger charge is -2.32. The van der Waals surface area contributed by atoms with Crippen molar-refractivity contribution in [2.75, 3.05) is 47.1 Å². The molecule has 2 amide bonds. The molecule has 1 fully saturated rings. The number of carbonyl (C=O) groups is 2. The van der Waals surface area contributed by atoms with E-state index in [4.69, 9.17) is 14.2 Å². The fourth-order valence-electron chi connectivity index (χ4n) is 2.17. The summed E-state index contributed by atoms with van der Waals surface area (Å²) in [6, 6.07) is 3.26. The highest BCUT2D eigenvalue weighted by Crippen LogP contribution is 2.08. The molecule has 1 atom stereocenters. The first-order valence-electron chi connectivity index (χ1n) is 7.30. The van der Waals surface area contributed by atoms with Crippen molar-refractivity contribution in [1.82, 2.24) is 15.2 Å². The van der Waals surface area contributed by atoms with E-state index in [1.54, 1.807) is 24.1 Å². The number of aromatic nitrogens is 1. The van der Waals surface area contributed by atoms with Crippen molar-refractivity contribution in [2.24, 2.45) is 0 Å². The van der Waals surface area contributed by atoms with Crippen LogP contribution in [0.25, 0.3) is 0 Å². The molecular weight excluding hydrogens is 302 g/mol. The Morgan fingerprint density at radius 2 is 2.30 bits per heavy atom. The number of nitrogens with zero attached hydrogens (tertiary/aromatic N) is 2. The molecule has 2 heterocycles. The quantitative estimate of drug-likeness (QED) is 0.740. The lowest BCUT2D eigenvalue weighted by molar-refractivity contribution is -0.149. The van der Waals surface area contributed by atoms with E-state index in [1.165, 1.54) is 13.3 Å². The van der Waals surface area contributed by atoms with Crippen molar-refractivity contribution in [3.05, 3.63) is 23.9 Å². The summed E-state index contributed by atoms with van der Waals surface area (Å²) in [6.07, 6.45) is 1.21. The van der Waals surface area contributed by atoms with Gasteiger partial charge in [-0.1, -0.05) is 0 Å². The second-order valence-corrected chi connectivity index (χ2v) is 5.06. The first-order valence-corrected chi connectivity index (χ1v) is 7.30. The minimum absolute atomic E-state index is 0.0222. The topological polar surface area (TPSA) is 90.0 Å².